The number of benzene rings is 1. The van der Waals surface area contributed by atoms with E-state index >= 15 is 0 Å². The minimum absolute atomic E-state index is 0.166. The molecule has 1 aliphatic heterocycles. The summed E-state index contributed by atoms with van der Waals surface area (Å²) in [6.07, 6.45) is 0. The molecule has 0 atom stereocenters. The maximum Gasteiger partial charge on any atom is 0.210 e. The first kappa shape index (κ1) is 12.8. The number of sulfonamides is 1. The number of ether oxygens (including phenoxy) is 2. The third-order valence-electron chi connectivity index (χ3n) is 2.42. The van der Waals surface area contributed by atoms with Gasteiger partial charge in [-0.25, -0.2) is 13.6 Å². The van der Waals surface area contributed by atoms with Crippen LogP contribution in [0.3, 0.4) is 0 Å². The zero-order valence-corrected chi connectivity index (χ0v) is 10.5. The van der Waals surface area contributed by atoms with Crippen LogP contribution in [0, 0.1) is 0 Å². The largest absolute Gasteiger partial charge is 0.486 e. The molecule has 2 rings (SSSR count). The summed E-state index contributed by atoms with van der Waals surface area (Å²) >= 11 is 0. The van der Waals surface area contributed by atoms with E-state index in [0.717, 1.165) is 0 Å². The van der Waals surface area contributed by atoms with Gasteiger partial charge >= 0.3 is 0 Å². The van der Waals surface area contributed by atoms with Crippen molar-refractivity contribution >= 4 is 21.4 Å². The van der Waals surface area contributed by atoms with Gasteiger partial charge in [-0.3, -0.25) is 0 Å². The molecule has 0 spiro atoms. The fraction of sp³-hybridized carbons (Fsp3) is 0.400. The molecule has 8 heteroatoms. The lowest BCUT2D eigenvalue weighted by molar-refractivity contribution is 0.172. The highest BCUT2D eigenvalue weighted by molar-refractivity contribution is 7.89. The number of primary sulfonamides is 1. The van der Waals surface area contributed by atoms with Crippen molar-refractivity contribution in [3.63, 3.8) is 0 Å². The van der Waals surface area contributed by atoms with Crippen LogP contribution in [0.5, 0.6) is 11.5 Å². The highest BCUT2D eigenvalue weighted by atomic mass is 32.2. The fourth-order valence-electron chi connectivity index (χ4n) is 1.59. The average Bonchev–Trinajstić information content (AvgIpc) is 2.28. The van der Waals surface area contributed by atoms with E-state index in [0.29, 0.717) is 36.1 Å². The van der Waals surface area contributed by atoms with Gasteiger partial charge < -0.3 is 20.5 Å². The molecule has 100 valence electrons. The first-order valence-electron chi connectivity index (χ1n) is 5.39. The Balaban J connectivity index is 2.09. The molecule has 7 nitrogen and oxygen atoms in total. The summed E-state index contributed by atoms with van der Waals surface area (Å²) in [5.41, 5.74) is 6.88. The predicted molar refractivity (Wildman–Crippen MR) is 68.3 cm³/mol. The Morgan fingerprint density at radius 2 is 1.83 bits per heavy atom. The maximum atomic E-state index is 10.8. The van der Waals surface area contributed by atoms with Gasteiger partial charge in [0.25, 0.3) is 0 Å². The van der Waals surface area contributed by atoms with Gasteiger partial charge in [-0.2, -0.15) is 0 Å². The summed E-state index contributed by atoms with van der Waals surface area (Å²) in [5.74, 6) is 1.02. The van der Waals surface area contributed by atoms with E-state index in [1.165, 1.54) is 0 Å². The Kier molecular flexibility index (Phi) is 3.48. The van der Waals surface area contributed by atoms with Gasteiger partial charge in [0.15, 0.2) is 11.5 Å². The summed E-state index contributed by atoms with van der Waals surface area (Å²) in [6.45, 7) is 1.15. The number of nitrogens with one attached hydrogen (secondary N) is 1. The smallest absolute Gasteiger partial charge is 0.210 e. The van der Waals surface area contributed by atoms with Crippen LogP contribution in [-0.4, -0.2) is 33.9 Å². The van der Waals surface area contributed by atoms with Crippen molar-refractivity contribution in [2.45, 2.75) is 0 Å². The van der Waals surface area contributed by atoms with Crippen LogP contribution in [0.15, 0.2) is 12.1 Å². The molecule has 0 bridgehead atoms. The topological polar surface area (TPSA) is 117 Å². The van der Waals surface area contributed by atoms with Gasteiger partial charge in [-0.05, 0) is 0 Å². The lowest BCUT2D eigenvalue weighted by atomic mass is 10.2. The molecule has 0 unspecified atom stereocenters. The SMILES string of the molecule is Nc1cc2c(cc1NCCS(N)(=O)=O)OCCO2. The van der Waals surface area contributed by atoms with Crippen molar-refractivity contribution in [3.05, 3.63) is 12.1 Å². The molecule has 0 aliphatic carbocycles. The van der Waals surface area contributed by atoms with E-state index < -0.39 is 10.0 Å². The molecular formula is C10H15N3O4S. The van der Waals surface area contributed by atoms with E-state index in [1.54, 1.807) is 12.1 Å². The second-order valence-electron chi connectivity index (χ2n) is 3.88. The highest BCUT2D eigenvalue weighted by Crippen LogP contribution is 2.36. The Hall–Kier alpha value is -1.67. The van der Waals surface area contributed by atoms with Crippen LogP contribution >= 0.6 is 0 Å². The van der Waals surface area contributed by atoms with Crippen molar-refractivity contribution in [2.24, 2.45) is 5.14 Å². The van der Waals surface area contributed by atoms with Gasteiger partial charge in [-0.1, -0.05) is 0 Å². The van der Waals surface area contributed by atoms with Crippen LogP contribution in [0.4, 0.5) is 11.4 Å². The predicted octanol–water partition coefficient (Wildman–Crippen LogP) is -0.260. The summed E-state index contributed by atoms with van der Waals surface area (Å²) < 4.78 is 32.4. The number of hydrogen-bond donors (Lipinski definition) is 3. The summed E-state index contributed by atoms with van der Waals surface area (Å²) in [6, 6.07) is 3.33. The van der Waals surface area contributed by atoms with Crippen LogP contribution in [-0.2, 0) is 10.0 Å². The van der Waals surface area contributed by atoms with Crippen molar-refractivity contribution < 1.29 is 17.9 Å². The van der Waals surface area contributed by atoms with E-state index in [2.05, 4.69) is 5.32 Å². The maximum absolute atomic E-state index is 10.8. The quantitative estimate of drug-likeness (QED) is 0.651. The van der Waals surface area contributed by atoms with Gasteiger partial charge in [0.1, 0.15) is 13.2 Å². The minimum atomic E-state index is -3.48. The molecule has 1 heterocycles. The van der Waals surface area contributed by atoms with Gasteiger partial charge in [0, 0.05) is 18.7 Å². The lowest BCUT2D eigenvalue weighted by Gasteiger charge is -2.20. The Morgan fingerprint density at radius 1 is 1.22 bits per heavy atom. The molecule has 0 aromatic heterocycles. The molecule has 1 aromatic rings. The summed E-state index contributed by atoms with van der Waals surface area (Å²) in [7, 11) is -3.48. The van der Waals surface area contributed by atoms with Crippen molar-refractivity contribution in [3.8, 4) is 11.5 Å². The van der Waals surface area contributed by atoms with Gasteiger partial charge in [0.05, 0.1) is 17.1 Å². The Labute approximate surface area is 105 Å². The van der Waals surface area contributed by atoms with Crippen molar-refractivity contribution in [2.75, 3.05) is 36.6 Å². The number of hydrogen-bond acceptors (Lipinski definition) is 6. The normalized spacial score (nSPS) is 14.3. The van der Waals surface area contributed by atoms with E-state index in [1.807, 2.05) is 0 Å². The molecule has 5 N–H and O–H groups in total. The van der Waals surface area contributed by atoms with E-state index in [4.69, 9.17) is 20.3 Å². The van der Waals surface area contributed by atoms with Gasteiger partial charge in [-0.15, -0.1) is 0 Å². The zero-order chi connectivity index (χ0) is 13.2. The van der Waals surface area contributed by atoms with Crippen molar-refractivity contribution in [1.29, 1.82) is 0 Å². The first-order valence-corrected chi connectivity index (χ1v) is 7.11. The molecule has 0 radical (unpaired) electrons. The standard InChI is InChI=1S/C10H15N3O4S/c11-7-5-9-10(17-3-2-16-9)6-8(7)13-1-4-18(12,14)15/h5-6,13H,1-4,11H2,(H2,12,14,15). The van der Waals surface area contributed by atoms with Crippen LogP contribution in [0.1, 0.15) is 0 Å². The van der Waals surface area contributed by atoms with Gasteiger partial charge in [0.2, 0.25) is 10.0 Å². The Bertz CT molecular complexity index is 544. The molecule has 1 aromatic carbocycles. The molecule has 0 amide bonds. The number of fused-ring (bicyclic) bond motifs is 1. The number of nitrogens with two attached hydrogens (primary N) is 2. The van der Waals surface area contributed by atoms with Crippen molar-refractivity contribution in [1.82, 2.24) is 0 Å². The number of nitrogen functional groups attached to an aromatic ring is 1. The zero-order valence-electron chi connectivity index (χ0n) is 9.68. The van der Waals surface area contributed by atoms with E-state index in [-0.39, 0.29) is 12.3 Å². The monoisotopic (exact) mass is 273 g/mol. The van der Waals surface area contributed by atoms with E-state index in [9.17, 15) is 8.42 Å². The lowest BCUT2D eigenvalue weighted by Crippen LogP contribution is -2.22. The molecule has 18 heavy (non-hydrogen) atoms. The summed E-state index contributed by atoms with van der Waals surface area (Å²) in [4.78, 5) is 0. The van der Waals surface area contributed by atoms with Crippen LogP contribution in [0.25, 0.3) is 0 Å². The molecular weight excluding hydrogens is 258 g/mol. The minimum Gasteiger partial charge on any atom is -0.486 e. The number of anilines is 2. The molecule has 0 saturated carbocycles. The van der Waals surface area contributed by atoms with Crippen LogP contribution in [0.2, 0.25) is 0 Å². The third kappa shape index (κ3) is 3.17. The molecule has 0 fully saturated rings. The third-order valence-corrected chi connectivity index (χ3v) is 3.19. The second-order valence-corrected chi connectivity index (χ2v) is 5.61. The average molecular weight is 273 g/mol. The number of rotatable bonds is 4. The molecule has 1 aliphatic rings. The van der Waals surface area contributed by atoms with Crippen LogP contribution < -0.4 is 25.7 Å². The fourth-order valence-corrected chi connectivity index (χ4v) is 1.97. The second kappa shape index (κ2) is 4.91. The molecule has 0 saturated heterocycles. The highest BCUT2D eigenvalue weighted by Gasteiger charge is 2.14. The Morgan fingerprint density at radius 3 is 2.44 bits per heavy atom. The first-order chi connectivity index (χ1) is 8.46. The summed E-state index contributed by atoms with van der Waals surface area (Å²) in [5, 5.41) is 7.80.